The van der Waals surface area contributed by atoms with E-state index in [1.807, 2.05) is 5.38 Å². The number of ether oxygens (including phenoxy) is 1. The molecule has 5 nitrogen and oxygen atoms in total. The van der Waals surface area contributed by atoms with Gasteiger partial charge in [-0.05, 0) is 65.4 Å². The summed E-state index contributed by atoms with van der Waals surface area (Å²) < 4.78 is 4.63. The number of aliphatic hydroxyl groups excluding tert-OH is 1. The number of methoxy groups -OCH3 is 1. The maximum absolute atomic E-state index is 12.1. The predicted octanol–water partition coefficient (Wildman–Crippen LogP) is 2.82. The van der Waals surface area contributed by atoms with Gasteiger partial charge in [-0.1, -0.05) is 0 Å². The van der Waals surface area contributed by atoms with Gasteiger partial charge in [0.15, 0.2) is 0 Å². The van der Waals surface area contributed by atoms with E-state index in [1.54, 1.807) is 35.6 Å². The summed E-state index contributed by atoms with van der Waals surface area (Å²) in [5.41, 5.74) is 2.11. The number of thiophene rings is 1. The van der Waals surface area contributed by atoms with Gasteiger partial charge in [0.2, 0.25) is 0 Å². The Morgan fingerprint density at radius 2 is 1.88 bits per heavy atom. The zero-order chi connectivity index (χ0) is 17.4. The first-order chi connectivity index (χ1) is 11.7. The lowest BCUT2D eigenvalue weighted by atomic mass is 9.95. The monoisotopic (exact) mass is 347 g/mol. The molecule has 2 aromatic rings. The minimum atomic E-state index is -0.426. The first-order valence-corrected chi connectivity index (χ1v) is 8.69. The van der Waals surface area contributed by atoms with Crippen molar-refractivity contribution >= 4 is 23.2 Å². The molecule has 0 aliphatic rings. The topological polar surface area (TPSA) is 75.6 Å². The molecule has 2 N–H and O–H groups in total. The molecule has 0 saturated carbocycles. The highest BCUT2D eigenvalue weighted by Gasteiger charge is 2.13. The van der Waals surface area contributed by atoms with Crippen LogP contribution in [-0.2, 0) is 4.74 Å². The van der Waals surface area contributed by atoms with Crippen molar-refractivity contribution < 1.29 is 19.4 Å². The molecule has 0 aliphatic heterocycles. The molecule has 0 aliphatic carbocycles. The largest absolute Gasteiger partial charge is 0.465 e. The summed E-state index contributed by atoms with van der Waals surface area (Å²) in [5, 5.41) is 16.2. The summed E-state index contributed by atoms with van der Waals surface area (Å²) in [6.45, 7) is 0.654. The van der Waals surface area contributed by atoms with E-state index in [-0.39, 0.29) is 18.4 Å². The van der Waals surface area contributed by atoms with Crippen LogP contribution in [0.2, 0.25) is 0 Å². The van der Waals surface area contributed by atoms with Gasteiger partial charge in [-0.15, -0.1) is 0 Å². The summed E-state index contributed by atoms with van der Waals surface area (Å²) in [5.74, 6) is -0.368. The maximum Gasteiger partial charge on any atom is 0.337 e. The van der Waals surface area contributed by atoms with Gasteiger partial charge >= 0.3 is 5.97 Å². The molecule has 6 heteroatoms. The van der Waals surface area contributed by atoms with E-state index in [1.165, 1.54) is 12.7 Å². The second-order valence-electron chi connectivity index (χ2n) is 5.38. The average Bonchev–Trinajstić information content (AvgIpc) is 3.14. The summed E-state index contributed by atoms with van der Waals surface area (Å²) >= 11 is 1.63. The fraction of sp³-hybridized carbons (Fsp3) is 0.333. The van der Waals surface area contributed by atoms with E-state index < -0.39 is 5.97 Å². The third kappa shape index (κ3) is 4.91. The Morgan fingerprint density at radius 3 is 2.46 bits per heavy atom. The average molecular weight is 347 g/mol. The van der Waals surface area contributed by atoms with Crippen molar-refractivity contribution in [1.82, 2.24) is 5.32 Å². The van der Waals surface area contributed by atoms with E-state index in [0.717, 1.165) is 6.42 Å². The molecule has 1 aromatic carbocycles. The first kappa shape index (κ1) is 18.2. The molecule has 0 bridgehead atoms. The van der Waals surface area contributed by atoms with Crippen molar-refractivity contribution in [1.29, 1.82) is 0 Å². The van der Waals surface area contributed by atoms with Gasteiger partial charge in [-0.2, -0.15) is 11.3 Å². The van der Waals surface area contributed by atoms with Gasteiger partial charge in [-0.25, -0.2) is 4.79 Å². The van der Waals surface area contributed by atoms with Gasteiger partial charge in [0.25, 0.3) is 5.91 Å². The van der Waals surface area contributed by atoms with Crippen LogP contribution in [0.3, 0.4) is 0 Å². The van der Waals surface area contributed by atoms with Gasteiger partial charge in [0, 0.05) is 18.7 Å². The number of hydrogen-bond acceptors (Lipinski definition) is 5. The predicted molar refractivity (Wildman–Crippen MR) is 93.5 cm³/mol. The van der Waals surface area contributed by atoms with E-state index in [4.69, 9.17) is 0 Å². The van der Waals surface area contributed by atoms with Crippen molar-refractivity contribution in [3.05, 3.63) is 57.8 Å². The van der Waals surface area contributed by atoms with Crippen LogP contribution in [0.25, 0.3) is 0 Å². The Bertz CT molecular complexity index is 652. The molecule has 1 atom stereocenters. The normalized spacial score (nSPS) is 11.8. The summed E-state index contributed by atoms with van der Waals surface area (Å²) in [4.78, 5) is 23.5. The molecule has 0 spiro atoms. The molecule has 0 fully saturated rings. The molecule has 2 rings (SSSR count). The molecular weight excluding hydrogens is 326 g/mol. The maximum atomic E-state index is 12.1. The Hall–Kier alpha value is -2.18. The molecule has 1 heterocycles. The molecule has 1 amide bonds. The fourth-order valence-electron chi connectivity index (χ4n) is 2.48. The van der Waals surface area contributed by atoms with Gasteiger partial charge in [0.1, 0.15) is 0 Å². The van der Waals surface area contributed by atoms with Crippen molar-refractivity contribution in [2.75, 3.05) is 20.3 Å². The molecule has 24 heavy (non-hydrogen) atoms. The van der Waals surface area contributed by atoms with Crippen LogP contribution in [0.1, 0.15) is 45.0 Å². The third-order valence-corrected chi connectivity index (χ3v) is 4.54. The fourth-order valence-corrected chi connectivity index (χ4v) is 3.22. The van der Waals surface area contributed by atoms with E-state index in [2.05, 4.69) is 21.5 Å². The van der Waals surface area contributed by atoms with Crippen LogP contribution < -0.4 is 5.32 Å². The van der Waals surface area contributed by atoms with Gasteiger partial charge < -0.3 is 15.2 Å². The lowest BCUT2D eigenvalue weighted by Gasteiger charge is -2.15. The second-order valence-corrected chi connectivity index (χ2v) is 6.16. The lowest BCUT2D eigenvalue weighted by molar-refractivity contribution is 0.0600. The summed E-state index contributed by atoms with van der Waals surface area (Å²) in [6.07, 6.45) is 1.45. The van der Waals surface area contributed by atoms with Crippen LogP contribution in [0, 0.1) is 0 Å². The Labute approximate surface area is 145 Å². The Morgan fingerprint density at radius 1 is 1.17 bits per heavy atom. The number of rotatable bonds is 8. The summed E-state index contributed by atoms with van der Waals surface area (Å²) in [7, 11) is 1.32. The highest BCUT2D eigenvalue weighted by atomic mass is 32.1. The van der Waals surface area contributed by atoms with Crippen LogP contribution in [0.15, 0.2) is 41.1 Å². The highest BCUT2D eigenvalue weighted by Crippen LogP contribution is 2.24. The Balaban J connectivity index is 1.87. The zero-order valence-electron chi connectivity index (χ0n) is 13.5. The number of esters is 1. The number of carbonyl (C=O) groups excluding carboxylic acids is 2. The standard InChI is InChI=1S/C18H21NO4S/c1-23-18(22)15-4-2-14(3-5-15)17(21)19-9-6-13(7-10-20)16-8-11-24-12-16/h2-5,8,11-13,20H,6-7,9-10H2,1H3,(H,19,21)/t13-/m1/s1. The second kappa shape index (κ2) is 9.20. The van der Waals surface area contributed by atoms with Gasteiger partial charge in [-0.3, -0.25) is 4.79 Å². The number of hydrogen-bond donors (Lipinski definition) is 2. The van der Waals surface area contributed by atoms with Crippen molar-refractivity contribution in [2.45, 2.75) is 18.8 Å². The molecule has 128 valence electrons. The van der Waals surface area contributed by atoms with Crippen LogP contribution in [0.4, 0.5) is 0 Å². The SMILES string of the molecule is COC(=O)c1ccc(C(=O)NCC[C@H](CCO)c2ccsc2)cc1. The summed E-state index contributed by atoms with van der Waals surface area (Å²) in [6, 6.07) is 8.40. The number of aliphatic hydroxyl groups is 1. The van der Waals surface area contributed by atoms with Crippen molar-refractivity contribution in [3.8, 4) is 0 Å². The number of nitrogens with one attached hydrogen (secondary N) is 1. The number of carbonyl (C=O) groups is 2. The van der Waals surface area contributed by atoms with Crippen LogP contribution in [0.5, 0.6) is 0 Å². The minimum absolute atomic E-state index is 0.128. The van der Waals surface area contributed by atoms with E-state index in [0.29, 0.717) is 24.1 Å². The minimum Gasteiger partial charge on any atom is -0.465 e. The van der Waals surface area contributed by atoms with Crippen LogP contribution >= 0.6 is 11.3 Å². The smallest absolute Gasteiger partial charge is 0.337 e. The van der Waals surface area contributed by atoms with E-state index in [9.17, 15) is 14.7 Å². The van der Waals surface area contributed by atoms with Crippen molar-refractivity contribution in [2.24, 2.45) is 0 Å². The molecule has 0 unspecified atom stereocenters. The highest BCUT2D eigenvalue weighted by molar-refractivity contribution is 7.07. The van der Waals surface area contributed by atoms with E-state index >= 15 is 0 Å². The molecular formula is C18H21NO4S. The molecule has 0 saturated heterocycles. The quantitative estimate of drug-likeness (QED) is 0.720. The Kier molecular flexibility index (Phi) is 6.96. The number of amides is 1. The third-order valence-electron chi connectivity index (χ3n) is 3.84. The molecule has 1 aromatic heterocycles. The lowest BCUT2D eigenvalue weighted by Crippen LogP contribution is -2.25. The first-order valence-electron chi connectivity index (χ1n) is 7.75. The molecule has 0 radical (unpaired) electrons. The van der Waals surface area contributed by atoms with Crippen LogP contribution in [-0.4, -0.2) is 37.2 Å². The van der Waals surface area contributed by atoms with Crippen molar-refractivity contribution in [3.63, 3.8) is 0 Å². The zero-order valence-corrected chi connectivity index (χ0v) is 14.3. The van der Waals surface area contributed by atoms with Gasteiger partial charge in [0.05, 0.1) is 12.7 Å². The number of benzene rings is 1.